The van der Waals surface area contributed by atoms with Gasteiger partial charge in [-0.25, -0.2) is 4.79 Å². The second kappa shape index (κ2) is 6.57. The van der Waals surface area contributed by atoms with Crippen LogP contribution in [0.3, 0.4) is 0 Å². The van der Waals surface area contributed by atoms with Crippen molar-refractivity contribution in [1.82, 2.24) is 4.90 Å². The number of hydrogen-bond acceptors (Lipinski definition) is 3. The average Bonchev–Trinajstić information content (AvgIpc) is 2.79. The summed E-state index contributed by atoms with van der Waals surface area (Å²) in [7, 11) is 0. The third kappa shape index (κ3) is 3.70. The molecule has 0 aliphatic carbocycles. The van der Waals surface area contributed by atoms with Gasteiger partial charge in [0.1, 0.15) is 6.61 Å². The van der Waals surface area contributed by atoms with Crippen LogP contribution in [0.25, 0.3) is 0 Å². The molecule has 4 nitrogen and oxygen atoms in total. The molecule has 2 atom stereocenters. The molecule has 0 aromatic heterocycles. The number of benzene rings is 1. The number of hydrogen-bond donors (Lipinski definition) is 1. The van der Waals surface area contributed by atoms with Crippen LogP contribution in [0.15, 0.2) is 30.3 Å². The van der Waals surface area contributed by atoms with Crippen molar-refractivity contribution >= 4 is 6.09 Å². The van der Waals surface area contributed by atoms with E-state index in [0.29, 0.717) is 13.1 Å². The Morgan fingerprint density at radius 1 is 1.37 bits per heavy atom. The number of likely N-dealkylation sites (tertiary alicyclic amines) is 1. The van der Waals surface area contributed by atoms with Gasteiger partial charge in [-0.2, -0.15) is 0 Å². The van der Waals surface area contributed by atoms with Crippen LogP contribution in [0.4, 0.5) is 4.79 Å². The lowest BCUT2D eigenvalue weighted by molar-refractivity contribution is 0.0966. The molecule has 2 rings (SSSR count). The van der Waals surface area contributed by atoms with Crippen LogP contribution in [-0.4, -0.2) is 35.3 Å². The van der Waals surface area contributed by atoms with Gasteiger partial charge in [-0.15, -0.1) is 0 Å². The van der Waals surface area contributed by atoms with Gasteiger partial charge in [-0.05, 0) is 12.0 Å². The van der Waals surface area contributed by atoms with Crippen molar-refractivity contribution in [3.63, 3.8) is 0 Å². The minimum absolute atomic E-state index is 0.189. The fourth-order valence-corrected chi connectivity index (χ4v) is 2.47. The van der Waals surface area contributed by atoms with Gasteiger partial charge in [0, 0.05) is 12.5 Å². The highest BCUT2D eigenvalue weighted by Crippen LogP contribution is 2.22. The Hall–Kier alpha value is -1.55. The highest BCUT2D eigenvalue weighted by molar-refractivity contribution is 5.68. The molecule has 4 heteroatoms. The van der Waals surface area contributed by atoms with Gasteiger partial charge in [-0.1, -0.05) is 43.7 Å². The van der Waals surface area contributed by atoms with Crippen LogP contribution < -0.4 is 0 Å². The Balaban J connectivity index is 1.81. The summed E-state index contributed by atoms with van der Waals surface area (Å²) >= 11 is 0. The maximum atomic E-state index is 11.9. The first-order chi connectivity index (χ1) is 9.20. The molecule has 1 heterocycles. The molecule has 1 fully saturated rings. The van der Waals surface area contributed by atoms with Gasteiger partial charge in [0.25, 0.3) is 0 Å². The molecule has 0 unspecified atom stereocenters. The van der Waals surface area contributed by atoms with E-state index in [1.165, 1.54) is 0 Å². The largest absolute Gasteiger partial charge is 0.445 e. The molecule has 1 aliphatic heterocycles. The van der Waals surface area contributed by atoms with Gasteiger partial charge in [-0.3, -0.25) is 0 Å². The van der Waals surface area contributed by atoms with Crippen molar-refractivity contribution in [2.24, 2.45) is 5.92 Å². The van der Waals surface area contributed by atoms with E-state index in [1.54, 1.807) is 4.90 Å². The van der Waals surface area contributed by atoms with E-state index in [0.717, 1.165) is 18.4 Å². The van der Waals surface area contributed by atoms with Gasteiger partial charge < -0.3 is 14.7 Å². The van der Waals surface area contributed by atoms with Crippen LogP contribution in [-0.2, 0) is 11.3 Å². The minimum atomic E-state index is -0.413. The van der Waals surface area contributed by atoms with Gasteiger partial charge in [0.15, 0.2) is 0 Å². The molecule has 1 aromatic carbocycles. The summed E-state index contributed by atoms with van der Waals surface area (Å²) in [5.41, 5.74) is 0.973. The lowest BCUT2D eigenvalue weighted by Crippen LogP contribution is -2.30. The SMILES string of the molecule is CCC[C@@H]1CN(C(=O)OCc2ccccc2)C[C@H]1O. The monoisotopic (exact) mass is 263 g/mol. The number of amides is 1. The summed E-state index contributed by atoms with van der Waals surface area (Å²) in [6, 6.07) is 9.61. The summed E-state index contributed by atoms with van der Waals surface area (Å²) in [6.45, 7) is 3.36. The molecule has 0 spiro atoms. The van der Waals surface area contributed by atoms with Crippen molar-refractivity contribution in [2.75, 3.05) is 13.1 Å². The van der Waals surface area contributed by atoms with E-state index >= 15 is 0 Å². The Morgan fingerprint density at radius 3 is 2.79 bits per heavy atom. The number of ether oxygens (including phenoxy) is 1. The summed E-state index contributed by atoms with van der Waals surface area (Å²) < 4.78 is 5.26. The van der Waals surface area contributed by atoms with E-state index < -0.39 is 6.10 Å². The van der Waals surface area contributed by atoms with Crippen molar-refractivity contribution in [3.8, 4) is 0 Å². The van der Waals surface area contributed by atoms with E-state index in [-0.39, 0.29) is 18.6 Å². The molecule has 0 radical (unpaired) electrons. The molecule has 1 aliphatic rings. The molecule has 104 valence electrons. The molecule has 0 saturated carbocycles. The van der Waals surface area contributed by atoms with Gasteiger partial charge in [0.2, 0.25) is 0 Å². The number of β-amino-alcohol motifs (C(OH)–C–C–N with tert-alkyl or cyclic N) is 1. The van der Waals surface area contributed by atoms with Gasteiger partial charge in [0.05, 0.1) is 12.6 Å². The number of carbonyl (C=O) groups is 1. The molecular weight excluding hydrogens is 242 g/mol. The molecule has 1 saturated heterocycles. The fourth-order valence-electron chi connectivity index (χ4n) is 2.47. The Labute approximate surface area is 114 Å². The standard InChI is InChI=1S/C15H21NO3/c1-2-6-13-9-16(10-14(13)17)15(18)19-11-12-7-4-3-5-8-12/h3-5,7-8,13-14,17H,2,6,9-11H2,1H3/t13-,14-/m1/s1. The number of rotatable bonds is 4. The third-order valence-electron chi connectivity index (χ3n) is 3.53. The van der Waals surface area contributed by atoms with E-state index in [1.807, 2.05) is 30.3 Å². The van der Waals surface area contributed by atoms with Crippen molar-refractivity contribution in [3.05, 3.63) is 35.9 Å². The van der Waals surface area contributed by atoms with Crippen molar-refractivity contribution in [1.29, 1.82) is 0 Å². The Morgan fingerprint density at radius 2 is 2.11 bits per heavy atom. The highest BCUT2D eigenvalue weighted by atomic mass is 16.6. The molecule has 1 amide bonds. The fraction of sp³-hybridized carbons (Fsp3) is 0.533. The zero-order valence-electron chi connectivity index (χ0n) is 11.3. The van der Waals surface area contributed by atoms with E-state index in [4.69, 9.17) is 4.74 Å². The predicted molar refractivity (Wildman–Crippen MR) is 72.6 cm³/mol. The lowest BCUT2D eigenvalue weighted by Gasteiger charge is -2.15. The smallest absolute Gasteiger partial charge is 0.410 e. The summed E-state index contributed by atoms with van der Waals surface area (Å²) in [4.78, 5) is 13.5. The van der Waals surface area contributed by atoms with Crippen LogP contribution in [0.2, 0.25) is 0 Å². The van der Waals surface area contributed by atoms with Gasteiger partial charge >= 0.3 is 6.09 Å². The lowest BCUT2D eigenvalue weighted by atomic mass is 10.0. The Kier molecular flexibility index (Phi) is 4.80. The van der Waals surface area contributed by atoms with Crippen LogP contribution in [0.1, 0.15) is 25.3 Å². The van der Waals surface area contributed by atoms with Crippen molar-refractivity contribution in [2.45, 2.75) is 32.5 Å². The summed E-state index contributed by atoms with van der Waals surface area (Å²) in [5, 5.41) is 9.88. The first kappa shape index (κ1) is 13.9. The number of carbonyl (C=O) groups excluding carboxylic acids is 1. The second-order valence-corrected chi connectivity index (χ2v) is 5.06. The van der Waals surface area contributed by atoms with Crippen LogP contribution >= 0.6 is 0 Å². The average molecular weight is 263 g/mol. The molecule has 0 bridgehead atoms. The summed E-state index contributed by atoms with van der Waals surface area (Å²) in [5.74, 6) is 0.189. The number of aliphatic hydroxyl groups is 1. The first-order valence-corrected chi connectivity index (χ1v) is 6.84. The molecule has 1 aromatic rings. The predicted octanol–water partition coefficient (Wildman–Crippen LogP) is 2.42. The summed E-state index contributed by atoms with van der Waals surface area (Å²) in [6.07, 6.45) is 1.23. The van der Waals surface area contributed by atoms with E-state index in [2.05, 4.69) is 6.92 Å². The molecule has 19 heavy (non-hydrogen) atoms. The maximum Gasteiger partial charge on any atom is 0.410 e. The number of nitrogens with zero attached hydrogens (tertiary/aromatic N) is 1. The second-order valence-electron chi connectivity index (χ2n) is 5.06. The van der Waals surface area contributed by atoms with Crippen molar-refractivity contribution < 1.29 is 14.6 Å². The molecular formula is C15H21NO3. The first-order valence-electron chi connectivity index (χ1n) is 6.84. The maximum absolute atomic E-state index is 11.9. The zero-order valence-corrected chi connectivity index (χ0v) is 11.3. The topological polar surface area (TPSA) is 49.8 Å². The zero-order chi connectivity index (χ0) is 13.7. The minimum Gasteiger partial charge on any atom is -0.445 e. The highest BCUT2D eigenvalue weighted by Gasteiger charge is 2.33. The molecule has 1 N–H and O–H groups in total. The quantitative estimate of drug-likeness (QED) is 0.907. The van der Waals surface area contributed by atoms with Crippen LogP contribution in [0, 0.1) is 5.92 Å². The number of aliphatic hydroxyl groups excluding tert-OH is 1. The van der Waals surface area contributed by atoms with E-state index in [9.17, 15) is 9.90 Å². The third-order valence-corrected chi connectivity index (χ3v) is 3.53. The normalized spacial score (nSPS) is 22.5. The Bertz CT molecular complexity index is 407. The van der Waals surface area contributed by atoms with Crippen LogP contribution in [0.5, 0.6) is 0 Å².